The van der Waals surface area contributed by atoms with E-state index in [9.17, 15) is 4.79 Å². The van der Waals surface area contributed by atoms with Crippen molar-refractivity contribution in [3.63, 3.8) is 0 Å². The molecule has 0 aromatic carbocycles. The molecule has 1 unspecified atom stereocenters. The van der Waals surface area contributed by atoms with Crippen LogP contribution in [0.1, 0.15) is 46.0 Å². The number of carboxylic acid groups (broad SMARTS) is 1. The molecule has 3 heteroatoms. The van der Waals surface area contributed by atoms with E-state index in [0.29, 0.717) is 0 Å². The van der Waals surface area contributed by atoms with Crippen LogP contribution in [0, 0.1) is 0 Å². The normalized spacial score (nSPS) is 13.4. The minimum atomic E-state index is -0.945. The lowest BCUT2D eigenvalue weighted by molar-refractivity contribution is -0.145. The van der Waals surface area contributed by atoms with E-state index < -0.39 is 12.1 Å². The van der Waals surface area contributed by atoms with E-state index in [1.165, 1.54) is 32.4 Å². The summed E-state index contributed by atoms with van der Waals surface area (Å²) >= 11 is 0. The maximum Gasteiger partial charge on any atom is 0.344 e. The summed E-state index contributed by atoms with van der Waals surface area (Å²) in [6.45, 7) is 3.70. The van der Waals surface area contributed by atoms with E-state index in [1.807, 2.05) is 6.08 Å². The lowest BCUT2D eigenvalue weighted by Crippen LogP contribution is -2.16. The average Bonchev–Trinajstić information content (AvgIpc) is 2.26. The van der Waals surface area contributed by atoms with Gasteiger partial charge in [0.1, 0.15) is 0 Å². The Hall–Kier alpha value is -1.25. The lowest BCUT2D eigenvalue weighted by atomic mass is 10.2. The van der Waals surface area contributed by atoms with Crippen LogP contribution in [-0.2, 0) is 9.53 Å². The Morgan fingerprint density at radius 2 is 2.06 bits per heavy atom. The number of aliphatic carboxylic acids is 1. The van der Waals surface area contributed by atoms with Crippen molar-refractivity contribution in [3.05, 3.63) is 24.5 Å². The van der Waals surface area contributed by atoms with Crippen LogP contribution in [0.5, 0.6) is 0 Å². The number of unbranched alkanes of at least 4 members (excludes halogenated alkanes) is 3. The van der Waals surface area contributed by atoms with Crippen molar-refractivity contribution in [2.75, 3.05) is 0 Å². The van der Waals surface area contributed by atoms with Crippen LogP contribution in [0.15, 0.2) is 24.5 Å². The van der Waals surface area contributed by atoms with E-state index in [1.54, 1.807) is 0 Å². The molecule has 1 atom stereocenters. The number of hydrogen-bond acceptors (Lipinski definition) is 2. The van der Waals surface area contributed by atoms with Crippen LogP contribution in [0.25, 0.3) is 0 Å². The zero-order valence-corrected chi connectivity index (χ0v) is 10.2. The van der Waals surface area contributed by atoms with Gasteiger partial charge in [-0.1, -0.05) is 31.9 Å². The molecule has 0 aliphatic carbocycles. The highest BCUT2D eigenvalue weighted by Crippen LogP contribution is 2.00. The molecular formula is C13H22O3. The fourth-order valence-electron chi connectivity index (χ4n) is 1.09. The first-order valence-electron chi connectivity index (χ1n) is 5.86. The van der Waals surface area contributed by atoms with Crippen LogP contribution in [0.3, 0.4) is 0 Å². The van der Waals surface area contributed by atoms with Gasteiger partial charge < -0.3 is 9.84 Å². The van der Waals surface area contributed by atoms with E-state index in [-0.39, 0.29) is 0 Å². The van der Waals surface area contributed by atoms with E-state index in [4.69, 9.17) is 9.84 Å². The largest absolute Gasteiger partial charge is 0.487 e. The molecule has 16 heavy (non-hydrogen) atoms. The van der Waals surface area contributed by atoms with Gasteiger partial charge in [-0.15, -0.1) is 0 Å². The highest BCUT2D eigenvalue weighted by molar-refractivity contribution is 5.71. The summed E-state index contributed by atoms with van der Waals surface area (Å²) in [5, 5.41) is 8.53. The third-order valence-electron chi connectivity index (χ3n) is 2.14. The Morgan fingerprint density at radius 1 is 1.31 bits per heavy atom. The van der Waals surface area contributed by atoms with Crippen molar-refractivity contribution in [2.45, 2.75) is 52.1 Å². The van der Waals surface area contributed by atoms with Gasteiger partial charge in [0.15, 0.2) is 6.10 Å². The second-order valence-corrected chi connectivity index (χ2v) is 3.69. The molecule has 0 aromatic heterocycles. The van der Waals surface area contributed by atoms with Gasteiger partial charge in [-0.3, -0.25) is 0 Å². The summed E-state index contributed by atoms with van der Waals surface area (Å²) in [6.07, 6.45) is 12.4. The van der Waals surface area contributed by atoms with Crippen molar-refractivity contribution in [1.82, 2.24) is 0 Å². The van der Waals surface area contributed by atoms with Crippen LogP contribution in [0.4, 0.5) is 0 Å². The maximum absolute atomic E-state index is 10.4. The summed E-state index contributed by atoms with van der Waals surface area (Å²) in [5.74, 6) is -0.945. The highest BCUT2D eigenvalue weighted by atomic mass is 16.5. The zero-order chi connectivity index (χ0) is 12.2. The van der Waals surface area contributed by atoms with Crippen LogP contribution >= 0.6 is 0 Å². The first-order chi connectivity index (χ1) is 7.68. The van der Waals surface area contributed by atoms with Crippen molar-refractivity contribution in [1.29, 1.82) is 0 Å². The van der Waals surface area contributed by atoms with Gasteiger partial charge in [-0.2, -0.15) is 0 Å². The molecule has 0 aliphatic rings. The molecular weight excluding hydrogens is 204 g/mol. The quantitative estimate of drug-likeness (QED) is 0.372. The molecule has 0 fully saturated rings. The molecule has 0 saturated heterocycles. The predicted octanol–water partition coefficient (Wildman–Crippen LogP) is 3.52. The van der Waals surface area contributed by atoms with Gasteiger partial charge in [-0.25, -0.2) is 4.79 Å². The third kappa shape index (κ3) is 9.31. The Balaban J connectivity index is 3.43. The minimum absolute atomic E-state index is 0.773. The van der Waals surface area contributed by atoms with Gasteiger partial charge in [0.05, 0.1) is 6.26 Å². The van der Waals surface area contributed by atoms with Gasteiger partial charge >= 0.3 is 5.97 Å². The first-order valence-corrected chi connectivity index (χ1v) is 5.86. The third-order valence-corrected chi connectivity index (χ3v) is 2.14. The zero-order valence-electron chi connectivity index (χ0n) is 10.2. The monoisotopic (exact) mass is 226 g/mol. The Morgan fingerprint density at radius 3 is 2.69 bits per heavy atom. The molecule has 0 rings (SSSR count). The minimum Gasteiger partial charge on any atom is -0.487 e. The average molecular weight is 226 g/mol. The summed E-state index contributed by atoms with van der Waals surface area (Å²) in [6, 6.07) is 0. The fourth-order valence-corrected chi connectivity index (χ4v) is 1.09. The van der Waals surface area contributed by atoms with E-state index >= 15 is 0 Å². The van der Waals surface area contributed by atoms with Gasteiger partial charge in [0.25, 0.3) is 0 Å². The van der Waals surface area contributed by atoms with Crippen LogP contribution < -0.4 is 0 Å². The van der Waals surface area contributed by atoms with Crippen LogP contribution in [-0.4, -0.2) is 17.2 Å². The number of rotatable bonds is 9. The maximum atomic E-state index is 10.4. The van der Waals surface area contributed by atoms with Crippen molar-refractivity contribution in [2.24, 2.45) is 0 Å². The molecule has 1 N–H and O–H groups in total. The lowest BCUT2D eigenvalue weighted by Gasteiger charge is -2.03. The highest BCUT2D eigenvalue weighted by Gasteiger charge is 2.08. The summed E-state index contributed by atoms with van der Waals surface area (Å²) in [7, 11) is 0. The van der Waals surface area contributed by atoms with Crippen molar-refractivity contribution >= 4 is 5.97 Å². The number of carbonyl (C=O) groups is 1. The predicted molar refractivity (Wildman–Crippen MR) is 65.2 cm³/mol. The number of hydrogen-bond donors (Lipinski definition) is 1. The molecule has 0 aliphatic heterocycles. The van der Waals surface area contributed by atoms with Gasteiger partial charge in [-0.05, 0) is 32.3 Å². The number of carboxylic acids is 1. The molecule has 0 saturated carbocycles. The molecule has 3 nitrogen and oxygen atoms in total. The van der Waals surface area contributed by atoms with E-state index in [2.05, 4.69) is 19.1 Å². The number of ether oxygens (including phenoxy) is 1. The fraction of sp³-hybridized carbons (Fsp3) is 0.615. The Bertz CT molecular complexity index is 231. The number of allylic oxidation sites excluding steroid dienone is 3. The smallest absolute Gasteiger partial charge is 0.344 e. The Kier molecular flexibility index (Phi) is 9.47. The molecule has 0 amide bonds. The second kappa shape index (κ2) is 10.3. The summed E-state index contributed by atoms with van der Waals surface area (Å²) in [4.78, 5) is 10.4. The van der Waals surface area contributed by atoms with Crippen molar-refractivity contribution in [3.8, 4) is 0 Å². The van der Waals surface area contributed by atoms with Crippen LogP contribution in [0.2, 0.25) is 0 Å². The molecule has 0 radical (unpaired) electrons. The molecule has 0 aromatic rings. The molecule has 0 spiro atoms. The molecule has 92 valence electrons. The molecule has 0 bridgehead atoms. The summed E-state index contributed by atoms with van der Waals surface area (Å²) in [5.41, 5.74) is 0. The second-order valence-electron chi connectivity index (χ2n) is 3.69. The van der Waals surface area contributed by atoms with Crippen molar-refractivity contribution < 1.29 is 14.6 Å². The summed E-state index contributed by atoms with van der Waals surface area (Å²) < 4.78 is 4.93. The standard InChI is InChI=1S/C13H22O3/c1-3-4-5-6-7-8-9-10-11-16-12(2)13(14)15/h7-8,10-12H,3-6,9H2,1-2H3,(H,14,15)/b8-7-,11-10-. The Labute approximate surface area is 97.8 Å². The van der Waals surface area contributed by atoms with Gasteiger partial charge in [0.2, 0.25) is 0 Å². The molecule has 0 heterocycles. The topological polar surface area (TPSA) is 46.5 Å². The first kappa shape index (κ1) is 14.8. The van der Waals surface area contributed by atoms with Gasteiger partial charge in [0, 0.05) is 0 Å². The SMILES string of the molecule is CCCCC/C=C\C/C=C\OC(C)C(=O)O. The van der Waals surface area contributed by atoms with E-state index in [0.717, 1.165) is 12.8 Å².